The molecule has 0 unspecified atom stereocenters. The Morgan fingerprint density at radius 2 is 1.81 bits per heavy atom. The zero-order chi connectivity index (χ0) is 25.6. The highest BCUT2D eigenvalue weighted by Gasteiger charge is 2.29. The predicted molar refractivity (Wildman–Crippen MR) is 139 cm³/mol. The molecule has 1 atom stereocenters. The van der Waals surface area contributed by atoms with Gasteiger partial charge in [-0.3, -0.25) is 9.69 Å². The zero-order valence-corrected chi connectivity index (χ0v) is 21.7. The van der Waals surface area contributed by atoms with Gasteiger partial charge in [0.2, 0.25) is 0 Å². The number of piperidine rings is 1. The molecule has 2 aromatic heterocycles. The van der Waals surface area contributed by atoms with Gasteiger partial charge in [0.05, 0.1) is 25.8 Å². The van der Waals surface area contributed by atoms with Gasteiger partial charge >= 0.3 is 6.03 Å². The maximum atomic E-state index is 13.1. The third-order valence-electron chi connectivity index (χ3n) is 7.07. The van der Waals surface area contributed by atoms with E-state index in [1.54, 1.807) is 10.3 Å². The SMILES string of the molecule is N#CCN1CCC[C@H](c2cccc(Nc3nc(C(=O)N4CCN(C(=O)N5CCOCC5)CC4)cs3)n2)C1. The van der Waals surface area contributed by atoms with E-state index in [0.717, 1.165) is 31.6 Å². The first-order valence-corrected chi connectivity index (χ1v) is 13.7. The van der Waals surface area contributed by atoms with Gasteiger partial charge in [0, 0.05) is 62.8 Å². The fraction of sp³-hybridized carbons (Fsp3) is 0.560. The fourth-order valence-electron chi connectivity index (χ4n) is 5.05. The molecule has 3 saturated heterocycles. The number of nitriles is 1. The fourth-order valence-corrected chi connectivity index (χ4v) is 5.74. The molecule has 0 aliphatic carbocycles. The van der Waals surface area contributed by atoms with Gasteiger partial charge in [-0.15, -0.1) is 11.3 Å². The number of hydrogen-bond donors (Lipinski definition) is 1. The van der Waals surface area contributed by atoms with Gasteiger partial charge in [0.1, 0.15) is 11.5 Å². The molecule has 0 aromatic carbocycles. The third kappa shape index (κ3) is 6.18. The molecule has 0 spiro atoms. The molecule has 5 rings (SSSR count). The number of thiazole rings is 1. The van der Waals surface area contributed by atoms with Crippen molar-refractivity contribution in [3.8, 4) is 6.07 Å². The standard InChI is InChI=1S/C25H32N8O3S/c26-6-8-30-7-2-3-19(17-30)20-4-1-5-22(27-20)29-24-28-21(18-37-24)23(34)31-9-11-32(12-10-31)25(35)33-13-15-36-16-14-33/h1,4-5,18-19H,2-3,7-17H2,(H,27,28,29)/t19-/m0/s1. The minimum atomic E-state index is -0.121. The first-order chi connectivity index (χ1) is 18.1. The second-order valence-electron chi connectivity index (χ2n) is 9.50. The van der Waals surface area contributed by atoms with E-state index < -0.39 is 0 Å². The summed E-state index contributed by atoms with van der Waals surface area (Å²) >= 11 is 1.37. The monoisotopic (exact) mass is 524 g/mol. The molecular weight excluding hydrogens is 492 g/mol. The molecule has 1 N–H and O–H groups in total. The summed E-state index contributed by atoms with van der Waals surface area (Å²) in [4.78, 5) is 42.6. The Bertz CT molecular complexity index is 1140. The number of carbonyl (C=O) groups is 2. The predicted octanol–water partition coefficient (Wildman–Crippen LogP) is 2.19. The minimum Gasteiger partial charge on any atom is -0.378 e. The molecule has 12 heteroatoms. The van der Waals surface area contributed by atoms with E-state index in [2.05, 4.69) is 21.3 Å². The molecule has 5 heterocycles. The summed E-state index contributed by atoms with van der Waals surface area (Å²) in [5.41, 5.74) is 1.40. The zero-order valence-electron chi connectivity index (χ0n) is 20.8. The average Bonchev–Trinajstić information content (AvgIpc) is 3.42. The normalized spacial score (nSPS) is 20.9. The lowest BCUT2D eigenvalue weighted by Crippen LogP contribution is -2.55. The Morgan fingerprint density at radius 3 is 2.59 bits per heavy atom. The van der Waals surface area contributed by atoms with E-state index in [0.29, 0.717) is 81.6 Å². The van der Waals surface area contributed by atoms with Crippen LogP contribution in [-0.2, 0) is 4.74 Å². The summed E-state index contributed by atoms with van der Waals surface area (Å²) in [7, 11) is 0. The second kappa shape index (κ2) is 11.9. The van der Waals surface area contributed by atoms with Crippen LogP contribution >= 0.6 is 11.3 Å². The number of piperazine rings is 1. The molecule has 0 saturated carbocycles. The van der Waals surface area contributed by atoms with Crippen molar-refractivity contribution in [2.75, 3.05) is 77.4 Å². The van der Waals surface area contributed by atoms with Gasteiger partial charge in [-0.05, 0) is 31.5 Å². The number of aromatic nitrogens is 2. The second-order valence-corrected chi connectivity index (χ2v) is 10.4. The van der Waals surface area contributed by atoms with Crippen LogP contribution in [0.1, 0.15) is 34.9 Å². The van der Waals surface area contributed by atoms with E-state index in [9.17, 15) is 9.59 Å². The molecule has 2 aromatic rings. The molecule has 196 valence electrons. The van der Waals surface area contributed by atoms with Gasteiger partial charge in [0.15, 0.2) is 5.13 Å². The number of nitrogens with zero attached hydrogens (tertiary/aromatic N) is 7. The van der Waals surface area contributed by atoms with Crippen molar-refractivity contribution in [3.05, 3.63) is 35.0 Å². The van der Waals surface area contributed by atoms with E-state index in [1.165, 1.54) is 11.3 Å². The number of carbonyl (C=O) groups excluding carboxylic acids is 2. The molecule has 3 aliphatic rings. The highest BCUT2D eigenvalue weighted by molar-refractivity contribution is 7.14. The van der Waals surface area contributed by atoms with Crippen molar-refractivity contribution in [3.63, 3.8) is 0 Å². The average molecular weight is 525 g/mol. The van der Waals surface area contributed by atoms with Crippen molar-refractivity contribution in [1.29, 1.82) is 5.26 Å². The van der Waals surface area contributed by atoms with E-state index >= 15 is 0 Å². The summed E-state index contributed by atoms with van der Waals surface area (Å²) in [6.45, 7) is 6.63. The van der Waals surface area contributed by atoms with Gasteiger partial charge in [-0.25, -0.2) is 14.8 Å². The number of anilines is 2. The maximum absolute atomic E-state index is 13.1. The van der Waals surface area contributed by atoms with Crippen LogP contribution in [0.15, 0.2) is 23.6 Å². The number of morpholine rings is 1. The molecule has 37 heavy (non-hydrogen) atoms. The lowest BCUT2D eigenvalue weighted by atomic mass is 9.94. The smallest absolute Gasteiger partial charge is 0.320 e. The van der Waals surface area contributed by atoms with E-state index in [4.69, 9.17) is 15.0 Å². The Balaban J connectivity index is 1.15. The van der Waals surface area contributed by atoms with Crippen LogP contribution in [0.2, 0.25) is 0 Å². The maximum Gasteiger partial charge on any atom is 0.320 e. The number of hydrogen-bond acceptors (Lipinski definition) is 9. The Morgan fingerprint density at radius 1 is 1.05 bits per heavy atom. The van der Waals surface area contributed by atoms with Crippen molar-refractivity contribution in [2.45, 2.75) is 18.8 Å². The van der Waals surface area contributed by atoms with E-state index in [1.807, 2.05) is 28.0 Å². The van der Waals surface area contributed by atoms with Crippen LogP contribution in [0.4, 0.5) is 15.7 Å². The highest BCUT2D eigenvalue weighted by atomic mass is 32.1. The third-order valence-corrected chi connectivity index (χ3v) is 7.82. The number of pyridine rings is 1. The largest absolute Gasteiger partial charge is 0.378 e. The van der Waals surface area contributed by atoms with Crippen LogP contribution in [-0.4, -0.2) is 114 Å². The summed E-state index contributed by atoms with van der Waals surface area (Å²) < 4.78 is 5.33. The van der Waals surface area contributed by atoms with Gasteiger partial charge in [0.25, 0.3) is 5.91 Å². The molecule has 3 amide bonds. The van der Waals surface area contributed by atoms with Crippen molar-refractivity contribution in [2.24, 2.45) is 0 Å². The van der Waals surface area contributed by atoms with Crippen LogP contribution in [0.25, 0.3) is 0 Å². The summed E-state index contributed by atoms with van der Waals surface area (Å²) in [6.07, 6.45) is 2.11. The number of rotatable bonds is 5. The van der Waals surface area contributed by atoms with E-state index in [-0.39, 0.29) is 11.9 Å². The topological polar surface area (TPSA) is 118 Å². The number of amides is 3. The van der Waals surface area contributed by atoms with Gasteiger partial charge < -0.3 is 24.8 Å². The molecule has 0 bridgehead atoms. The van der Waals surface area contributed by atoms with Gasteiger partial charge in [-0.1, -0.05) is 6.07 Å². The Hall–Kier alpha value is -3.27. The lowest BCUT2D eigenvalue weighted by molar-refractivity contribution is 0.0362. The summed E-state index contributed by atoms with van der Waals surface area (Å²) in [5, 5.41) is 14.6. The highest BCUT2D eigenvalue weighted by Crippen LogP contribution is 2.27. The number of urea groups is 1. The number of ether oxygens (including phenoxy) is 1. The first kappa shape index (κ1) is 25.4. The van der Waals surface area contributed by atoms with Crippen molar-refractivity contribution < 1.29 is 14.3 Å². The quantitative estimate of drug-likeness (QED) is 0.592. The molecule has 11 nitrogen and oxygen atoms in total. The van der Waals surface area contributed by atoms with Crippen molar-refractivity contribution in [1.82, 2.24) is 29.6 Å². The van der Waals surface area contributed by atoms with Crippen LogP contribution in [0.3, 0.4) is 0 Å². The molecular formula is C25H32N8O3S. The number of nitrogens with one attached hydrogen (secondary N) is 1. The Kier molecular flexibility index (Phi) is 8.13. The Labute approximate surface area is 220 Å². The van der Waals surface area contributed by atoms with Crippen LogP contribution in [0.5, 0.6) is 0 Å². The van der Waals surface area contributed by atoms with Crippen LogP contribution < -0.4 is 5.32 Å². The first-order valence-electron chi connectivity index (χ1n) is 12.8. The van der Waals surface area contributed by atoms with Crippen molar-refractivity contribution >= 4 is 34.2 Å². The molecule has 3 fully saturated rings. The molecule has 0 radical (unpaired) electrons. The van der Waals surface area contributed by atoms with Crippen LogP contribution in [0, 0.1) is 11.3 Å². The summed E-state index contributed by atoms with van der Waals surface area (Å²) in [6, 6.07) is 8.17. The minimum absolute atomic E-state index is 0.0243. The number of likely N-dealkylation sites (tertiary alicyclic amines) is 1. The van der Waals surface area contributed by atoms with Gasteiger partial charge in [-0.2, -0.15) is 5.26 Å². The molecule has 3 aliphatic heterocycles. The lowest BCUT2D eigenvalue weighted by Gasteiger charge is -2.38. The summed E-state index contributed by atoms with van der Waals surface area (Å²) in [5.74, 6) is 0.869.